The molecule has 0 bridgehead atoms. The monoisotopic (exact) mass is 460 g/mol. The van der Waals surface area contributed by atoms with Crippen molar-refractivity contribution in [3.8, 4) is 0 Å². The molecule has 182 valence electrons. The zero-order valence-electron chi connectivity index (χ0n) is 19.5. The Morgan fingerprint density at radius 1 is 0.879 bits per heavy atom. The maximum atomic E-state index is 11.0. The van der Waals surface area contributed by atoms with Gasteiger partial charge in [0.2, 0.25) is 0 Å². The number of aliphatic hydroxyl groups excluding tert-OH is 2. The minimum absolute atomic E-state index is 0.264. The molecule has 10 nitrogen and oxygen atoms in total. The molecule has 0 saturated carbocycles. The number of aromatic nitrogens is 3. The van der Waals surface area contributed by atoms with Crippen LogP contribution in [0.4, 0.5) is 0 Å². The third-order valence-electron chi connectivity index (χ3n) is 5.76. The number of benzene rings is 1. The lowest BCUT2D eigenvalue weighted by Gasteiger charge is -2.27. The molecule has 0 aliphatic carbocycles. The van der Waals surface area contributed by atoms with E-state index in [-0.39, 0.29) is 17.8 Å². The molecular weight excluding hydrogens is 424 g/mol. The summed E-state index contributed by atoms with van der Waals surface area (Å²) >= 11 is 0. The van der Waals surface area contributed by atoms with Crippen LogP contribution in [0.5, 0.6) is 0 Å². The van der Waals surface area contributed by atoms with E-state index in [1.54, 1.807) is 28.9 Å². The van der Waals surface area contributed by atoms with Crippen LogP contribution in [0.15, 0.2) is 30.5 Å². The lowest BCUT2D eigenvalue weighted by atomic mass is 10.1. The van der Waals surface area contributed by atoms with Crippen LogP contribution < -0.4 is 0 Å². The molecule has 1 aromatic carbocycles. The van der Waals surface area contributed by atoms with Crippen LogP contribution >= 0.6 is 0 Å². The molecule has 0 spiro atoms. The first-order valence-electron chi connectivity index (χ1n) is 11.5. The molecule has 1 aliphatic rings. The van der Waals surface area contributed by atoms with Crippen LogP contribution in [0.2, 0.25) is 0 Å². The molecule has 1 aromatic heterocycles. The van der Waals surface area contributed by atoms with Gasteiger partial charge in [-0.1, -0.05) is 17.3 Å². The van der Waals surface area contributed by atoms with Crippen LogP contribution in [0.3, 0.4) is 0 Å². The Hall–Kier alpha value is -2.37. The lowest BCUT2D eigenvalue weighted by molar-refractivity contribution is 0.0696. The van der Waals surface area contributed by atoms with E-state index < -0.39 is 5.97 Å². The van der Waals surface area contributed by atoms with E-state index in [1.807, 2.05) is 20.0 Å². The Balaban J connectivity index is 1.61. The summed E-state index contributed by atoms with van der Waals surface area (Å²) in [4.78, 5) is 17.9. The highest BCUT2D eigenvalue weighted by molar-refractivity contribution is 5.87. The Morgan fingerprint density at radius 2 is 1.39 bits per heavy atom. The first kappa shape index (κ1) is 25.3. The fourth-order valence-corrected chi connectivity index (χ4v) is 4.11. The predicted octanol–water partition coefficient (Wildman–Crippen LogP) is 0.206. The van der Waals surface area contributed by atoms with Crippen molar-refractivity contribution in [3.63, 3.8) is 0 Å². The van der Waals surface area contributed by atoms with E-state index in [2.05, 4.69) is 25.0 Å². The highest BCUT2D eigenvalue weighted by atomic mass is 16.4. The summed E-state index contributed by atoms with van der Waals surface area (Å²) in [5, 5.41) is 37.3. The molecule has 33 heavy (non-hydrogen) atoms. The van der Waals surface area contributed by atoms with Crippen LogP contribution in [-0.2, 0) is 13.1 Å². The Morgan fingerprint density at radius 3 is 1.88 bits per heavy atom. The number of aliphatic hydroxyl groups is 2. The fourth-order valence-electron chi connectivity index (χ4n) is 4.11. The van der Waals surface area contributed by atoms with E-state index in [4.69, 9.17) is 5.11 Å². The Labute approximate surface area is 195 Å². The van der Waals surface area contributed by atoms with E-state index in [0.29, 0.717) is 26.2 Å². The molecule has 0 amide bonds. The van der Waals surface area contributed by atoms with Crippen molar-refractivity contribution in [1.29, 1.82) is 0 Å². The van der Waals surface area contributed by atoms with Gasteiger partial charge in [0.1, 0.15) is 0 Å². The van der Waals surface area contributed by atoms with Crippen molar-refractivity contribution >= 4 is 5.97 Å². The van der Waals surface area contributed by atoms with Gasteiger partial charge in [0.05, 0.1) is 36.2 Å². The van der Waals surface area contributed by atoms with Gasteiger partial charge in [0.25, 0.3) is 0 Å². The Kier molecular flexibility index (Phi) is 9.33. The van der Waals surface area contributed by atoms with E-state index in [1.165, 1.54) is 0 Å². The lowest BCUT2D eigenvalue weighted by Crippen LogP contribution is -2.41. The van der Waals surface area contributed by atoms with Gasteiger partial charge in [0.15, 0.2) is 0 Å². The quantitative estimate of drug-likeness (QED) is 0.482. The van der Waals surface area contributed by atoms with Crippen LogP contribution in [-0.4, -0.2) is 116 Å². The van der Waals surface area contributed by atoms with Gasteiger partial charge in [-0.25, -0.2) is 9.48 Å². The smallest absolute Gasteiger partial charge is 0.335 e. The minimum Gasteiger partial charge on any atom is -0.478 e. The maximum absolute atomic E-state index is 11.0. The second kappa shape index (κ2) is 12.2. The first-order valence-corrected chi connectivity index (χ1v) is 11.5. The van der Waals surface area contributed by atoms with Crippen LogP contribution in [0, 0.1) is 0 Å². The van der Waals surface area contributed by atoms with Gasteiger partial charge in [-0.2, -0.15) is 0 Å². The zero-order valence-corrected chi connectivity index (χ0v) is 19.5. The molecule has 1 aliphatic heterocycles. The summed E-state index contributed by atoms with van der Waals surface area (Å²) in [7, 11) is 0. The second-order valence-corrected chi connectivity index (χ2v) is 8.98. The molecule has 2 atom stereocenters. The summed E-state index contributed by atoms with van der Waals surface area (Å²) in [6.07, 6.45) is 1.17. The largest absolute Gasteiger partial charge is 0.478 e. The number of aromatic carboxylic acids is 1. The maximum Gasteiger partial charge on any atom is 0.335 e. The van der Waals surface area contributed by atoms with Gasteiger partial charge in [0, 0.05) is 58.9 Å². The molecule has 2 heterocycles. The normalized spacial score (nSPS) is 18.9. The predicted molar refractivity (Wildman–Crippen MR) is 124 cm³/mol. The molecule has 10 heteroatoms. The van der Waals surface area contributed by atoms with Gasteiger partial charge in [-0.15, -0.1) is 5.10 Å². The summed E-state index contributed by atoms with van der Waals surface area (Å²) in [6.45, 7) is 11.2. The van der Waals surface area contributed by atoms with Crippen molar-refractivity contribution in [1.82, 2.24) is 29.7 Å². The number of β-amino-alcohol motifs (C(OH)–C–C–N with tert-alkyl or cyclic N) is 2. The van der Waals surface area contributed by atoms with Gasteiger partial charge >= 0.3 is 5.97 Å². The number of hydrogen-bond donors (Lipinski definition) is 3. The Bertz CT molecular complexity index is 848. The average molecular weight is 461 g/mol. The van der Waals surface area contributed by atoms with Crippen molar-refractivity contribution in [2.75, 3.05) is 52.4 Å². The number of carboxylic acid groups (broad SMARTS) is 1. The third kappa shape index (κ3) is 8.49. The van der Waals surface area contributed by atoms with Crippen molar-refractivity contribution in [2.24, 2.45) is 0 Å². The molecule has 2 aromatic rings. The van der Waals surface area contributed by atoms with E-state index in [0.717, 1.165) is 50.5 Å². The number of nitrogens with zero attached hydrogens (tertiary/aromatic N) is 6. The third-order valence-corrected chi connectivity index (χ3v) is 5.76. The fraction of sp³-hybridized carbons (Fsp3) is 0.609. The van der Waals surface area contributed by atoms with Gasteiger partial charge < -0.3 is 15.3 Å². The van der Waals surface area contributed by atoms with Crippen LogP contribution in [0.25, 0.3) is 0 Å². The van der Waals surface area contributed by atoms with Gasteiger partial charge in [-0.3, -0.25) is 14.7 Å². The van der Waals surface area contributed by atoms with E-state index >= 15 is 0 Å². The van der Waals surface area contributed by atoms with Crippen molar-refractivity contribution < 1.29 is 20.1 Å². The topological polar surface area (TPSA) is 118 Å². The first-order chi connectivity index (χ1) is 15.8. The number of carbonyl (C=O) groups is 1. The second-order valence-electron chi connectivity index (χ2n) is 8.98. The standard InChI is InChI=1S/C23H36N6O4/c1-18(30)13-26-7-8-27(14-19(2)31)10-12-28(11-9-26)16-22-17-29(25-24-22)15-20-3-5-21(6-4-20)23(32)33/h3-6,17-19,30-31H,7-16H2,1-2H3,(H,32,33)/t18-,19-/m0/s1. The average Bonchev–Trinajstić information content (AvgIpc) is 3.21. The van der Waals surface area contributed by atoms with Gasteiger partial charge in [-0.05, 0) is 31.5 Å². The summed E-state index contributed by atoms with van der Waals surface area (Å²) in [5.41, 5.74) is 2.10. The van der Waals surface area contributed by atoms with Crippen molar-refractivity contribution in [2.45, 2.75) is 39.1 Å². The molecule has 0 unspecified atom stereocenters. The highest BCUT2D eigenvalue weighted by Crippen LogP contribution is 2.09. The molecule has 1 saturated heterocycles. The highest BCUT2D eigenvalue weighted by Gasteiger charge is 2.19. The summed E-state index contributed by atoms with van der Waals surface area (Å²) in [6, 6.07) is 6.77. The molecule has 0 radical (unpaired) electrons. The van der Waals surface area contributed by atoms with E-state index in [9.17, 15) is 15.0 Å². The summed E-state index contributed by atoms with van der Waals surface area (Å²) in [5.74, 6) is -0.937. The van der Waals surface area contributed by atoms with Crippen LogP contribution in [0.1, 0.15) is 35.5 Å². The minimum atomic E-state index is -0.937. The molecule has 3 rings (SSSR count). The molecule has 3 N–H and O–H groups in total. The molecule has 1 fully saturated rings. The zero-order chi connectivity index (χ0) is 23.8. The number of rotatable bonds is 9. The molecular formula is C23H36N6O4. The summed E-state index contributed by atoms with van der Waals surface area (Å²) < 4.78 is 1.76. The number of hydrogen-bond acceptors (Lipinski definition) is 8. The van der Waals surface area contributed by atoms with Crippen molar-refractivity contribution in [3.05, 3.63) is 47.3 Å². The SMILES string of the molecule is C[C@H](O)CN1CCN(Cc2cn(Cc3ccc(C(=O)O)cc3)nn2)CCN(C[C@H](C)O)CC1. The number of carboxylic acids is 1.